The van der Waals surface area contributed by atoms with Gasteiger partial charge < -0.3 is 9.64 Å². The fourth-order valence-electron chi connectivity index (χ4n) is 5.21. The van der Waals surface area contributed by atoms with Gasteiger partial charge in [0.15, 0.2) is 0 Å². The third-order valence-corrected chi connectivity index (χ3v) is 6.83. The Morgan fingerprint density at radius 3 is 1.76 bits per heavy atom. The first-order valence-electron chi connectivity index (χ1n) is 10.8. The third kappa shape index (κ3) is 4.58. The molecule has 0 unspecified atom stereocenters. The molecule has 4 nitrogen and oxygen atoms in total. The van der Waals surface area contributed by atoms with Crippen LogP contribution in [-0.2, 0) is 4.74 Å². The molecular weight excluding hydrogens is 310 g/mol. The standard InChI is InChI=1S/C21H41N3O/c1-15(2)22-9-7-20(8-10-22)25-21-11-19(12-21)24-17(5)13-23(16(3)4)14-18(24)6/h15-21H,7-14H2,1-6H3/t17-,18-,19?,21?/m0/s1. The fourth-order valence-corrected chi connectivity index (χ4v) is 5.21. The van der Waals surface area contributed by atoms with E-state index in [0.29, 0.717) is 36.4 Å². The second-order valence-corrected chi connectivity index (χ2v) is 9.41. The highest BCUT2D eigenvalue weighted by Crippen LogP contribution is 2.35. The molecule has 0 spiro atoms. The molecule has 0 N–H and O–H groups in total. The Morgan fingerprint density at radius 1 is 0.760 bits per heavy atom. The average Bonchev–Trinajstić information content (AvgIpc) is 2.51. The van der Waals surface area contributed by atoms with E-state index in [0.717, 1.165) is 6.04 Å². The summed E-state index contributed by atoms with van der Waals surface area (Å²) in [6.07, 6.45) is 5.97. The van der Waals surface area contributed by atoms with Crippen LogP contribution in [0.25, 0.3) is 0 Å². The highest BCUT2D eigenvalue weighted by atomic mass is 16.5. The number of hydrogen-bond donors (Lipinski definition) is 0. The third-order valence-electron chi connectivity index (χ3n) is 6.83. The molecular formula is C21H41N3O. The molecule has 4 heteroatoms. The molecule has 25 heavy (non-hydrogen) atoms. The molecule has 2 heterocycles. The lowest BCUT2D eigenvalue weighted by molar-refractivity contribution is -0.126. The predicted octanol–water partition coefficient (Wildman–Crippen LogP) is 3.21. The molecule has 2 aliphatic heterocycles. The Balaban J connectivity index is 1.41. The molecule has 3 fully saturated rings. The van der Waals surface area contributed by atoms with Crippen LogP contribution in [0.2, 0.25) is 0 Å². The van der Waals surface area contributed by atoms with Gasteiger partial charge in [0.1, 0.15) is 0 Å². The zero-order valence-electron chi connectivity index (χ0n) is 17.4. The van der Waals surface area contributed by atoms with Gasteiger partial charge in [-0.1, -0.05) is 0 Å². The normalized spacial score (nSPS) is 37.0. The fraction of sp³-hybridized carbons (Fsp3) is 1.00. The lowest BCUT2D eigenvalue weighted by Gasteiger charge is -2.54. The van der Waals surface area contributed by atoms with Gasteiger partial charge in [0.25, 0.3) is 0 Å². The number of piperidine rings is 1. The lowest BCUT2D eigenvalue weighted by Crippen LogP contribution is -2.64. The number of hydrogen-bond acceptors (Lipinski definition) is 4. The Labute approximate surface area is 155 Å². The number of ether oxygens (including phenoxy) is 1. The minimum absolute atomic E-state index is 0.508. The van der Waals surface area contributed by atoms with Crippen LogP contribution in [-0.4, -0.2) is 83.3 Å². The van der Waals surface area contributed by atoms with Gasteiger partial charge in [0.05, 0.1) is 12.2 Å². The molecule has 146 valence electrons. The van der Waals surface area contributed by atoms with Gasteiger partial charge >= 0.3 is 0 Å². The molecule has 0 amide bonds. The first kappa shape index (κ1) is 19.6. The van der Waals surface area contributed by atoms with E-state index in [4.69, 9.17) is 4.74 Å². The summed E-state index contributed by atoms with van der Waals surface area (Å²) in [6, 6.07) is 3.44. The highest BCUT2D eigenvalue weighted by molar-refractivity contribution is 4.97. The number of nitrogens with zero attached hydrogens (tertiary/aromatic N) is 3. The van der Waals surface area contributed by atoms with Crippen LogP contribution in [0.4, 0.5) is 0 Å². The van der Waals surface area contributed by atoms with Crippen LogP contribution in [0.15, 0.2) is 0 Å². The maximum atomic E-state index is 6.44. The van der Waals surface area contributed by atoms with Crippen molar-refractivity contribution in [1.29, 1.82) is 0 Å². The van der Waals surface area contributed by atoms with E-state index in [2.05, 4.69) is 56.2 Å². The van der Waals surface area contributed by atoms with Crippen LogP contribution < -0.4 is 0 Å². The van der Waals surface area contributed by atoms with Crippen LogP contribution in [0.1, 0.15) is 67.2 Å². The summed E-state index contributed by atoms with van der Waals surface area (Å²) in [6.45, 7) is 19.0. The molecule has 2 saturated heterocycles. The van der Waals surface area contributed by atoms with Crippen LogP contribution >= 0.6 is 0 Å². The Hall–Kier alpha value is -0.160. The summed E-state index contributed by atoms with van der Waals surface area (Å²) in [5.74, 6) is 0. The van der Waals surface area contributed by atoms with Crippen LogP contribution in [0.3, 0.4) is 0 Å². The van der Waals surface area contributed by atoms with E-state index in [-0.39, 0.29) is 0 Å². The molecule has 0 aromatic heterocycles. The SMILES string of the molecule is CC(C)N1CCC(OC2CC(N3[C@@H](C)CN(C(C)C)C[C@@H]3C)C2)CC1. The molecule has 2 atom stereocenters. The van der Waals surface area contributed by atoms with E-state index in [1.807, 2.05) is 0 Å². The first-order chi connectivity index (χ1) is 11.8. The van der Waals surface area contributed by atoms with Gasteiger partial charge in [-0.3, -0.25) is 9.80 Å². The second kappa shape index (κ2) is 8.24. The highest BCUT2D eigenvalue weighted by Gasteiger charge is 2.42. The summed E-state index contributed by atoms with van der Waals surface area (Å²) in [4.78, 5) is 8.02. The van der Waals surface area contributed by atoms with Crippen molar-refractivity contribution < 1.29 is 4.74 Å². The van der Waals surface area contributed by atoms with Crippen molar-refractivity contribution in [2.24, 2.45) is 0 Å². The molecule has 0 radical (unpaired) electrons. The minimum Gasteiger partial charge on any atom is -0.375 e. The summed E-state index contributed by atoms with van der Waals surface area (Å²) in [5.41, 5.74) is 0. The molecule has 0 aromatic rings. The molecule has 0 bridgehead atoms. The van der Waals surface area contributed by atoms with Gasteiger partial charge in [-0.25, -0.2) is 0 Å². The molecule has 3 rings (SSSR count). The number of piperazine rings is 1. The molecule has 3 aliphatic rings. The topological polar surface area (TPSA) is 19.0 Å². The molecule has 1 saturated carbocycles. The van der Waals surface area contributed by atoms with Gasteiger partial charge in [0.2, 0.25) is 0 Å². The minimum atomic E-state index is 0.508. The summed E-state index contributed by atoms with van der Waals surface area (Å²) >= 11 is 0. The zero-order chi connectivity index (χ0) is 18.1. The first-order valence-corrected chi connectivity index (χ1v) is 10.8. The molecule has 0 aromatic carbocycles. The summed E-state index contributed by atoms with van der Waals surface area (Å²) < 4.78 is 6.44. The average molecular weight is 352 g/mol. The van der Waals surface area contributed by atoms with Crippen molar-refractivity contribution in [3.63, 3.8) is 0 Å². The quantitative estimate of drug-likeness (QED) is 0.757. The van der Waals surface area contributed by atoms with Gasteiger partial charge in [-0.05, 0) is 67.2 Å². The van der Waals surface area contributed by atoms with Crippen molar-refractivity contribution in [3.8, 4) is 0 Å². The zero-order valence-corrected chi connectivity index (χ0v) is 17.4. The van der Waals surface area contributed by atoms with Gasteiger partial charge in [-0.2, -0.15) is 0 Å². The van der Waals surface area contributed by atoms with Crippen molar-refractivity contribution in [1.82, 2.24) is 14.7 Å². The predicted molar refractivity (Wildman–Crippen MR) is 105 cm³/mol. The smallest absolute Gasteiger partial charge is 0.0608 e. The van der Waals surface area contributed by atoms with E-state index < -0.39 is 0 Å². The van der Waals surface area contributed by atoms with Gasteiger partial charge in [0, 0.05) is 56.4 Å². The monoisotopic (exact) mass is 351 g/mol. The Bertz CT molecular complexity index is 401. The Morgan fingerprint density at radius 2 is 1.28 bits per heavy atom. The van der Waals surface area contributed by atoms with E-state index in [1.165, 1.54) is 51.9 Å². The molecule has 1 aliphatic carbocycles. The van der Waals surface area contributed by atoms with Crippen molar-refractivity contribution in [3.05, 3.63) is 0 Å². The largest absolute Gasteiger partial charge is 0.375 e. The van der Waals surface area contributed by atoms with Crippen molar-refractivity contribution in [2.75, 3.05) is 26.2 Å². The second-order valence-electron chi connectivity index (χ2n) is 9.41. The Kier molecular flexibility index (Phi) is 6.46. The van der Waals surface area contributed by atoms with Gasteiger partial charge in [-0.15, -0.1) is 0 Å². The van der Waals surface area contributed by atoms with Crippen molar-refractivity contribution >= 4 is 0 Å². The lowest BCUT2D eigenvalue weighted by atomic mass is 9.84. The number of likely N-dealkylation sites (tertiary alicyclic amines) is 1. The summed E-state index contributed by atoms with van der Waals surface area (Å²) in [7, 11) is 0. The van der Waals surface area contributed by atoms with Crippen LogP contribution in [0.5, 0.6) is 0 Å². The maximum absolute atomic E-state index is 6.44. The van der Waals surface area contributed by atoms with E-state index in [1.54, 1.807) is 0 Å². The van der Waals surface area contributed by atoms with E-state index in [9.17, 15) is 0 Å². The summed E-state index contributed by atoms with van der Waals surface area (Å²) in [5, 5.41) is 0. The van der Waals surface area contributed by atoms with E-state index >= 15 is 0 Å². The number of rotatable bonds is 5. The van der Waals surface area contributed by atoms with Crippen LogP contribution in [0, 0.1) is 0 Å². The maximum Gasteiger partial charge on any atom is 0.0608 e. The van der Waals surface area contributed by atoms with Crippen molar-refractivity contribution in [2.45, 2.75) is 110 Å².